The van der Waals surface area contributed by atoms with E-state index in [0.717, 1.165) is 11.8 Å². The van der Waals surface area contributed by atoms with Gasteiger partial charge >= 0.3 is 0 Å². The Bertz CT molecular complexity index is 471. The zero-order valence-corrected chi connectivity index (χ0v) is 18.8. The molecule has 0 bridgehead atoms. The van der Waals surface area contributed by atoms with Crippen molar-refractivity contribution in [3.63, 3.8) is 0 Å². The maximum absolute atomic E-state index is 6.38. The number of hydrogen-bond donors (Lipinski definition) is 0. The van der Waals surface area contributed by atoms with Crippen LogP contribution < -0.4 is 0 Å². The van der Waals surface area contributed by atoms with Crippen LogP contribution in [0.25, 0.3) is 0 Å². The molecule has 0 aromatic heterocycles. The lowest BCUT2D eigenvalue weighted by atomic mass is 9.46. The minimum Gasteiger partial charge on any atom is -0.549 e. The van der Waals surface area contributed by atoms with Crippen LogP contribution in [-0.4, -0.2) is 8.32 Å². The van der Waals surface area contributed by atoms with Gasteiger partial charge in [0.2, 0.25) is 8.32 Å². The Labute approximate surface area is 152 Å². The third-order valence-corrected chi connectivity index (χ3v) is 12.4. The summed E-state index contributed by atoms with van der Waals surface area (Å²) in [6.45, 7) is 21.7. The van der Waals surface area contributed by atoms with E-state index in [9.17, 15) is 0 Å². The van der Waals surface area contributed by atoms with Crippen molar-refractivity contribution in [1.29, 1.82) is 0 Å². The van der Waals surface area contributed by atoms with Crippen LogP contribution >= 0.6 is 0 Å². The second kappa shape index (κ2) is 6.48. The first kappa shape index (κ1) is 20.1. The van der Waals surface area contributed by atoms with E-state index < -0.39 is 8.32 Å². The predicted octanol–water partition coefficient (Wildman–Crippen LogP) is 7.40. The fraction of sp³-hybridized carbons (Fsp3) is 0.909. The van der Waals surface area contributed by atoms with E-state index in [4.69, 9.17) is 4.43 Å². The van der Waals surface area contributed by atoms with E-state index in [0.29, 0.717) is 16.7 Å². The van der Waals surface area contributed by atoms with Gasteiger partial charge in [-0.05, 0) is 78.5 Å². The first-order valence-electron chi connectivity index (χ1n) is 10.2. The summed E-state index contributed by atoms with van der Waals surface area (Å²) >= 11 is 0. The van der Waals surface area contributed by atoms with E-state index in [1.165, 1.54) is 32.1 Å². The Hall–Kier alpha value is -0.243. The largest absolute Gasteiger partial charge is 0.549 e. The lowest BCUT2D eigenvalue weighted by molar-refractivity contribution is -0.0771. The molecule has 2 fully saturated rings. The summed E-state index contributed by atoms with van der Waals surface area (Å²) in [5, 5.41) is 0.273. The first-order chi connectivity index (χ1) is 10.8. The van der Waals surface area contributed by atoms with Crippen molar-refractivity contribution in [2.75, 3.05) is 0 Å². The van der Waals surface area contributed by atoms with Crippen molar-refractivity contribution >= 4 is 8.32 Å². The van der Waals surface area contributed by atoms with Gasteiger partial charge in [-0.15, -0.1) is 0 Å². The molecule has 2 aliphatic carbocycles. The molecule has 0 saturated heterocycles. The van der Waals surface area contributed by atoms with Gasteiger partial charge in [0.25, 0.3) is 0 Å². The van der Waals surface area contributed by atoms with Gasteiger partial charge in [-0.25, -0.2) is 0 Å². The highest BCUT2D eigenvalue weighted by molar-refractivity contribution is 6.74. The van der Waals surface area contributed by atoms with Crippen molar-refractivity contribution in [2.24, 2.45) is 28.6 Å². The molecule has 140 valence electrons. The minimum absolute atomic E-state index is 0.273. The highest BCUT2D eigenvalue weighted by Gasteiger charge is 2.53. The molecule has 0 amide bonds. The smallest absolute Gasteiger partial charge is 0.249 e. The van der Waals surface area contributed by atoms with Crippen molar-refractivity contribution in [3.8, 4) is 0 Å². The van der Waals surface area contributed by atoms with Crippen LogP contribution in [0.15, 0.2) is 12.3 Å². The Morgan fingerprint density at radius 2 is 1.67 bits per heavy atom. The van der Waals surface area contributed by atoms with Crippen molar-refractivity contribution in [1.82, 2.24) is 0 Å². The third-order valence-electron chi connectivity index (χ3n) is 8.02. The summed E-state index contributed by atoms with van der Waals surface area (Å²) in [5.74, 6) is 2.30. The molecule has 1 nitrogen and oxygen atoms in total. The Morgan fingerprint density at radius 1 is 1.04 bits per heavy atom. The molecule has 4 atom stereocenters. The van der Waals surface area contributed by atoms with E-state index in [1.807, 2.05) is 0 Å². The normalized spacial score (nSPS) is 37.3. The number of rotatable bonds is 3. The fourth-order valence-corrected chi connectivity index (χ4v) is 6.20. The van der Waals surface area contributed by atoms with Crippen LogP contribution in [-0.2, 0) is 4.43 Å². The molecular weight excluding hydrogens is 308 g/mol. The van der Waals surface area contributed by atoms with Crippen LogP contribution in [0.1, 0.15) is 80.6 Å². The molecule has 2 heteroatoms. The summed E-state index contributed by atoms with van der Waals surface area (Å²) in [6, 6.07) is 0. The maximum atomic E-state index is 6.38. The lowest BCUT2D eigenvalue weighted by Crippen LogP contribution is -2.50. The lowest BCUT2D eigenvalue weighted by Gasteiger charge is -2.58. The van der Waals surface area contributed by atoms with Gasteiger partial charge in [0, 0.05) is 0 Å². The highest BCUT2D eigenvalue weighted by atomic mass is 28.4. The van der Waals surface area contributed by atoms with Crippen LogP contribution in [0, 0.1) is 28.6 Å². The van der Waals surface area contributed by atoms with Crippen LogP contribution in [0.4, 0.5) is 0 Å². The van der Waals surface area contributed by atoms with Crippen LogP contribution in [0.3, 0.4) is 0 Å². The van der Waals surface area contributed by atoms with Crippen LogP contribution in [0.2, 0.25) is 18.1 Å². The Balaban J connectivity index is 2.20. The summed E-state index contributed by atoms with van der Waals surface area (Å²) in [4.78, 5) is 0. The topological polar surface area (TPSA) is 9.23 Å². The Morgan fingerprint density at radius 3 is 2.25 bits per heavy atom. The van der Waals surface area contributed by atoms with Gasteiger partial charge in [-0.3, -0.25) is 0 Å². The average Bonchev–Trinajstić information content (AvgIpc) is 2.39. The SMILES string of the molecule is C[C@H]1CC[C@H]2C(C)(C)CCC[C@]2(C)[C@H]1/C=C/O[Si](C)(C)C(C)(C)C. The Kier molecular flexibility index (Phi) is 5.42. The van der Waals surface area contributed by atoms with Gasteiger partial charge in [0.05, 0.1) is 6.26 Å². The maximum Gasteiger partial charge on any atom is 0.249 e. The van der Waals surface area contributed by atoms with Crippen molar-refractivity contribution < 1.29 is 4.43 Å². The van der Waals surface area contributed by atoms with E-state index in [2.05, 4.69) is 73.9 Å². The van der Waals surface area contributed by atoms with Crippen molar-refractivity contribution in [3.05, 3.63) is 12.3 Å². The monoisotopic (exact) mass is 350 g/mol. The number of fused-ring (bicyclic) bond motifs is 1. The zero-order chi connectivity index (χ0) is 18.4. The number of hydrogen-bond acceptors (Lipinski definition) is 1. The van der Waals surface area contributed by atoms with Crippen molar-refractivity contribution in [2.45, 2.75) is 98.7 Å². The number of allylic oxidation sites excluding steroid dienone is 1. The van der Waals surface area contributed by atoms with Crippen LogP contribution in [0.5, 0.6) is 0 Å². The summed E-state index contributed by atoms with van der Waals surface area (Å²) in [6.07, 6.45) is 11.5. The highest BCUT2D eigenvalue weighted by Crippen LogP contribution is 2.61. The standard InChI is InChI=1S/C22H42OSi/c1-17-11-12-19-21(5,6)14-10-15-22(19,7)18(17)13-16-23-24(8,9)20(2,3)4/h13,16-19H,10-12,14-15H2,1-9H3/b16-13+/t17-,18-,19-,22+/m0/s1. The average molecular weight is 351 g/mol. The molecule has 0 aromatic rings. The molecule has 0 unspecified atom stereocenters. The molecule has 0 spiro atoms. The fourth-order valence-electron chi connectivity index (χ4n) is 5.42. The molecule has 0 aliphatic heterocycles. The summed E-state index contributed by atoms with van der Waals surface area (Å²) in [5.41, 5.74) is 0.951. The molecule has 2 saturated carbocycles. The van der Waals surface area contributed by atoms with E-state index >= 15 is 0 Å². The molecular formula is C22H42OSi. The molecule has 2 aliphatic rings. The summed E-state index contributed by atoms with van der Waals surface area (Å²) in [7, 11) is -1.69. The van der Waals surface area contributed by atoms with E-state index in [1.54, 1.807) is 0 Å². The molecule has 24 heavy (non-hydrogen) atoms. The third kappa shape index (κ3) is 3.64. The molecule has 0 heterocycles. The first-order valence-corrected chi connectivity index (χ1v) is 13.1. The van der Waals surface area contributed by atoms with Gasteiger partial charge in [-0.1, -0.05) is 54.9 Å². The van der Waals surface area contributed by atoms with E-state index in [-0.39, 0.29) is 5.04 Å². The second-order valence-electron chi connectivity index (χ2n) is 11.2. The minimum atomic E-state index is -1.69. The molecule has 0 N–H and O–H groups in total. The summed E-state index contributed by atoms with van der Waals surface area (Å²) < 4.78 is 6.38. The van der Waals surface area contributed by atoms with Gasteiger partial charge in [0.1, 0.15) is 0 Å². The van der Waals surface area contributed by atoms with Gasteiger partial charge < -0.3 is 4.43 Å². The van der Waals surface area contributed by atoms with Gasteiger partial charge in [-0.2, -0.15) is 0 Å². The quantitative estimate of drug-likeness (QED) is 0.380. The van der Waals surface area contributed by atoms with Gasteiger partial charge in [0.15, 0.2) is 0 Å². The second-order valence-corrected chi connectivity index (χ2v) is 15.9. The molecule has 2 rings (SSSR count). The predicted molar refractivity (Wildman–Crippen MR) is 109 cm³/mol. The molecule has 0 radical (unpaired) electrons. The zero-order valence-electron chi connectivity index (χ0n) is 17.8. The molecule has 0 aromatic carbocycles.